The monoisotopic (exact) mass is 396 g/mol. The summed E-state index contributed by atoms with van der Waals surface area (Å²) in [6.07, 6.45) is 3.92. The van der Waals surface area contributed by atoms with Gasteiger partial charge in [-0.25, -0.2) is 4.79 Å². The molecule has 28 heavy (non-hydrogen) atoms. The number of benzene rings is 1. The predicted molar refractivity (Wildman–Crippen MR) is 109 cm³/mol. The van der Waals surface area contributed by atoms with E-state index in [1.807, 2.05) is 43.5 Å². The SMILES string of the molecule is CCc1ccc(CC)c(C(=O)CN2C(=O)N[C@@]3(CCCc4sccc43)C2=O)c1. The third-order valence-corrected chi connectivity index (χ3v) is 6.88. The van der Waals surface area contributed by atoms with E-state index in [9.17, 15) is 14.4 Å². The van der Waals surface area contributed by atoms with Crippen LogP contribution in [0.1, 0.15) is 58.6 Å². The maximum Gasteiger partial charge on any atom is 0.325 e. The number of fused-ring (bicyclic) bond motifs is 2. The van der Waals surface area contributed by atoms with Gasteiger partial charge in [-0.2, -0.15) is 0 Å². The van der Waals surface area contributed by atoms with Gasteiger partial charge in [0.15, 0.2) is 5.78 Å². The molecule has 146 valence electrons. The molecule has 1 N–H and O–H groups in total. The maximum atomic E-state index is 13.3. The Kier molecular flexibility index (Phi) is 4.83. The van der Waals surface area contributed by atoms with Crippen LogP contribution in [0.25, 0.3) is 0 Å². The topological polar surface area (TPSA) is 66.5 Å². The molecule has 0 radical (unpaired) electrons. The van der Waals surface area contributed by atoms with Gasteiger partial charge < -0.3 is 5.32 Å². The van der Waals surface area contributed by atoms with E-state index in [1.165, 1.54) is 0 Å². The van der Waals surface area contributed by atoms with E-state index >= 15 is 0 Å². The van der Waals surface area contributed by atoms with E-state index in [4.69, 9.17) is 0 Å². The molecule has 1 fully saturated rings. The second-order valence-electron chi connectivity index (χ2n) is 7.46. The van der Waals surface area contributed by atoms with Crippen molar-refractivity contribution < 1.29 is 14.4 Å². The van der Waals surface area contributed by atoms with Crippen LogP contribution in [-0.4, -0.2) is 29.2 Å². The normalized spacial score (nSPS) is 21.1. The summed E-state index contributed by atoms with van der Waals surface area (Å²) in [7, 11) is 0. The van der Waals surface area contributed by atoms with Gasteiger partial charge in [0.25, 0.3) is 5.91 Å². The van der Waals surface area contributed by atoms with Gasteiger partial charge in [-0.05, 0) is 60.7 Å². The van der Waals surface area contributed by atoms with Crippen LogP contribution in [0.15, 0.2) is 29.6 Å². The lowest BCUT2D eigenvalue weighted by atomic mass is 9.80. The van der Waals surface area contributed by atoms with Crippen molar-refractivity contribution in [2.75, 3.05) is 6.54 Å². The number of carbonyl (C=O) groups is 3. The summed E-state index contributed by atoms with van der Waals surface area (Å²) in [4.78, 5) is 41.3. The van der Waals surface area contributed by atoms with Crippen LogP contribution in [-0.2, 0) is 29.6 Å². The number of carbonyl (C=O) groups excluding carboxylic acids is 3. The minimum atomic E-state index is -0.996. The number of nitrogens with zero attached hydrogens (tertiary/aromatic N) is 1. The van der Waals surface area contributed by atoms with Crippen molar-refractivity contribution in [3.63, 3.8) is 0 Å². The number of hydrogen-bond acceptors (Lipinski definition) is 4. The van der Waals surface area contributed by atoms with E-state index in [1.54, 1.807) is 11.3 Å². The minimum Gasteiger partial charge on any atom is -0.319 e. The molecule has 6 heteroatoms. The number of Topliss-reactive ketones (excluding diaryl/α,β-unsaturated/α-hetero) is 1. The summed E-state index contributed by atoms with van der Waals surface area (Å²) < 4.78 is 0. The van der Waals surface area contributed by atoms with E-state index in [-0.39, 0.29) is 18.2 Å². The fourth-order valence-corrected chi connectivity index (χ4v) is 5.32. The fourth-order valence-electron chi connectivity index (χ4n) is 4.33. The van der Waals surface area contributed by atoms with Gasteiger partial charge in [0.1, 0.15) is 5.54 Å². The summed E-state index contributed by atoms with van der Waals surface area (Å²) in [5.41, 5.74) is 2.54. The summed E-state index contributed by atoms with van der Waals surface area (Å²) in [6.45, 7) is 3.82. The highest BCUT2D eigenvalue weighted by Gasteiger charge is 2.54. The Labute approximate surface area is 168 Å². The van der Waals surface area contributed by atoms with Gasteiger partial charge in [-0.1, -0.05) is 26.0 Å². The predicted octanol–water partition coefficient (Wildman–Crippen LogP) is 3.84. The van der Waals surface area contributed by atoms with E-state index in [2.05, 4.69) is 5.32 Å². The van der Waals surface area contributed by atoms with Crippen molar-refractivity contribution in [2.45, 2.75) is 51.5 Å². The number of nitrogens with one attached hydrogen (secondary N) is 1. The summed E-state index contributed by atoms with van der Waals surface area (Å²) in [5, 5.41) is 4.88. The number of ketones is 1. The highest BCUT2D eigenvalue weighted by atomic mass is 32.1. The van der Waals surface area contributed by atoms with Crippen molar-refractivity contribution in [3.05, 3.63) is 56.8 Å². The standard InChI is InChI=1S/C22H24N2O3S/c1-3-14-7-8-15(4-2)16(12-14)18(25)13-24-20(26)22(23-21(24)27)10-5-6-19-17(22)9-11-28-19/h7-9,11-12H,3-6,10,13H2,1-2H3,(H,23,27)/t22-/m1/s1. The van der Waals surface area contributed by atoms with Crippen molar-refractivity contribution in [3.8, 4) is 0 Å². The van der Waals surface area contributed by atoms with Gasteiger partial charge in [-0.15, -0.1) is 11.3 Å². The molecule has 0 unspecified atom stereocenters. The zero-order valence-corrected chi connectivity index (χ0v) is 17.0. The third kappa shape index (κ3) is 2.87. The molecular formula is C22H24N2O3S. The van der Waals surface area contributed by atoms with Gasteiger partial charge in [-0.3, -0.25) is 14.5 Å². The largest absolute Gasteiger partial charge is 0.325 e. The second kappa shape index (κ2) is 7.17. The Morgan fingerprint density at radius 1 is 1.21 bits per heavy atom. The lowest BCUT2D eigenvalue weighted by Crippen LogP contribution is -2.46. The second-order valence-corrected chi connectivity index (χ2v) is 8.46. The molecule has 1 saturated heterocycles. The van der Waals surface area contributed by atoms with Crippen LogP contribution in [0.3, 0.4) is 0 Å². The molecular weight excluding hydrogens is 372 g/mol. The Bertz CT molecular complexity index is 964. The van der Waals surface area contributed by atoms with Crippen molar-refractivity contribution >= 4 is 29.1 Å². The Morgan fingerprint density at radius 3 is 2.79 bits per heavy atom. The molecule has 1 aromatic heterocycles. The first-order chi connectivity index (χ1) is 13.5. The van der Waals surface area contributed by atoms with Crippen LogP contribution in [0.5, 0.6) is 0 Å². The van der Waals surface area contributed by atoms with Crippen LogP contribution in [0, 0.1) is 0 Å². The molecule has 5 nitrogen and oxygen atoms in total. The first-order valence-corrected chi connectivity index (χ1v) is 10.7. The number of amides is 3. The number of imide groups is 1. The molecule has 2 aromatic rings. The van der Waals surface area contributed by atoms with Gasteiger partial charge in [0.2, 0.25) is 0 Å². The quantitative estimate of drug-likeness (QED) is 0.617. The highest BCUT2D eigenvalue weighted by Crippen LogP contribution is 2.42. The minimum absolute atomic E-state index is 0.186. The lowest BCUT2D eigenvalue weighted by molar-refractivity contribution is -0.131. The van der Waals surface area contributed by atoms with E-state index < -0.39 is 11.6 Å². The molecule has 1 aliphatic heterocycles. The number of rotatable bonds is 5. The molecule has 2 aliphatic rings. The Morgan fingerprint density at radius 2 is 2.04 bits per heavy atom. The Hall–Kier alpha value is -2.47. The fraction of sp³-hybridized carbons (Fsp3) is 0.409. The average molecular weight is 397 g/mol. The molecule has 0 bridgehead atoms. The molecule has 1 atom stereocenters. The zero-order valence-electron chi connectivity index (χ0n) is 16.2. The van der Waals surface area contributed by atoms with Crippen LogP contribution in [0.4, 0.5) is 4.79 Å². The number of thiophene rings is 1. The number of urea groups is 1. The first kappa shape index (κ1) is 18.9. The molecule has 1 aliphatic carbocycles. The lowest BCUT2D eigenvalue weighted by Gasteiger charge is -2.31. The van der Waals surface area contributed by atoms with Crippen LogP contribution in [0.2, 0.25) is 0 Å². The summed E-state index contributed by atoms with van der Waals surface area (Å²) >= 11 is 1.62. The third-order valence-electron chi connectivity index (χ3n) is 5.90. The van der Waals surface area contributed by atoms with Gasteiger partial charge >= 0.3 is 6.03 Å². The zero-order chi connectivity index (χ0) is 19.9. The molecule has 0 saturated carbocycles. The van der Waals surface area contributed by atoms with Crippen LogP contribution < -0.4 is 5.32 Å². The number of aryl methyl sites for hydroxylation is 3. The number of hydrogen-bond donors (Lipinski definition) is 1. The van der Waals surface area contributed by atoms with Crippen molar-refractivity contribution in [1.29, 1.82) is 0 Å². The smallest absolute Gasteiger partial charge is 0.319 e. The molecule has 1 spiro atoms. The van der Waals surface area contributed by atoms with Crippen molar-refractivity contribution in [2.24, 2.45) is 0 Å². The van der Waals surface area contributed by atoms with E-state index in [0.29, 0.717) is 12.0 Å². The molecule has 4 rings (SSSR count). The summed E-state index contributed by atoms with van der Waals surface area (Å²) in [5.74, 6) is -0.482. The average Bonchev–Trinajstić information content (AvgIpc) is 3.28. The summed E-state index contributed by atoms with van der Waals surface area (Å²) in [6, 6.07) is 7.36. The highest BCUT2D eigenvalue weighted by molar-refractivity contribution is 7.10. The molecule has 1 aromatic carbocycles. The van der Waals surface area contributed by atoms with Gasteiger partial charge in [0, 0.05) is 16.0 Å². The van der Waals surface area contributed by atoms with Gasteiger partial charge in [0.05, 0.1) is 6.54 Å². The molecule has 3 amide bonds. The van der Waals surface area contributed by atoms with E-state index in [0.717, 1.165) is 52.2 Å². The molecule has 2 heterocycles. The Balaban J connectivity index is 1.63. The first-order valence-electron chi connectivity index (χ1n) is 9.86. The van der Waals surface area contributed by atoms with Crippen LogP contribution >= 0.6 is 11.3 Å². The maximum absolute atomic E-state index is 13.3. The van der Waals surface area contributed by atoms with Crippen molar-refractivity contribution in [1.82, 2.24) is 10.2 Å².